The van der Waals surface area contributed by atoms with Crippen LogP contribution in [0.25, 0.3) is 5.82 Å². The van der Waals surface area contributed by atoms with Gasteiger partial charge in [-0.15, -0.1) is 0 Å². The standard InChI is InChI=1S/C13H15N5O2/c14-10-3-4-11(17-13(10)20-7-8-1-2-8)18-6-9(5-16-18)12(15)19/h3-6,8H,1-2,7,14H2,(H2,15,19). The van der Waals surface area contributed by atoms with E-state index in [9.17, 15) is 4.79 Å². The molecule has 0 saturated heterocycles. The van der Waals surface area contributed by atoms with Crippen LogP contribution in [0.15, 0.2) is 24.5 Å². The monoisotopic (exact) mass is 273 g/mol. The second kappa shape index (κ2) is 4.84. The van der Waals surface area contributed by atoms with Crippen molar-refractivity contribution in [2.24, 2.45) is 11.7 Å². The summed E-state index contributed by atoms with van der Waals surface area (Å²) in [5.74, 6) is 1.01. The maximum absolute atomic E-state index is 11.1. The number of primary amides is 1. The van der Waals surface area contributed by atoms with E-state index in [-0.39, 0.29) is 0 Å². The molecule has 1 saturated carbocycles. The van der Waals surface area contributed by atoms with E-state index in [1.54, 1.807) is 12.1 Å². The highest BCUT2D eigenvalue weighted by Gasteiger charge is 2.22. The van der Waals surface area contributed by atoms with Gasteiger partial charge in [0.25, 0.3) is 5.91 Å². The fourth-order valence-corrected chi connectivity index (χ4v) is 1.74. The van der Waals surface area contributed by atoms with Gasteiger partial charge in [0, 0.05) is 6.20 Å². The van der Waals surface area contributed by atoms with Gasteiger partial charge in [-0.2, -0.15) is 10.1 Å². The Morgan fingerprint density at radius 1 is 1.45 bits per heavy atom. The number of nitrogen functional groups attached to an aromatic ring is 1. The summed E-state index contributed by atoms with van der Waals surface area (Å²) < 4.78 is 7.07. The molecule has 4 N–H and O–H groups in total. The number of carbonyl (C=O) groups excluding carboxylic acids is 1. The predicted molar refractivity (Wildman–Crippen MR) is 72.5 cm³/mol. The Morgan fingerprint density at radius 3 is 2.90 bits per heavy atom. The van der Waals surface area contributed by atoms with Crippen LogP contribution in [0.3, 0.4) is 0 Å². The molecule has 0 atom stereocenters. The van der Waals surface area contributed by atoms with Gasteiger partial charge in [0.2, 0.25) is 5.88 Å². The Bertz CT molecular complexity index is 648. The summed E-state index contributed by atoms with van der Waals surface area (Å²) in [6, 6.07) is 3.41. The first kappa shape index (κ1) is 12.5. The highest BCUT2D eigenvalue weighted by atomic mass is 16.5. The minimum atomic E-state index is -0.531. The zero-order chi connectivity index (χ0) is 14.1. The molecule has 1 amide bonds. The molecule has 0 bridgehead atoms. The van der Waals surface area contributed by atoms with Crippen LogP contribution in [0.5, 0.6) is 5.88 Å². The molecule has 7 nitrogen and oxygen atoms in total. The largest absolute Gasteiger partial charge is 0.476 e. The molecule has 0 spiro atoms. The molecular weight excluding hydrogens is 258 g/mol. The number of nitrogens with two attached hydrogens (primary N) is 2. The fourth-order valence-electron chi connectivity index (χ4n) is 1.74. The number of anilines is 1. The lowest BCUT2D eigenvalue weighted by Crippen LogP contribution is -2.09. The van der Waals surface area contributed by atoms with Gasteiger partial charge in [-0.3, -0.25) is 4.79 Å². The lowest BCUT2D eigenvalue weighted by atomic mass is 10.3. The smallest absolute Gasteiger partial charge is 0.251 e. The average Bonchev–Trinajstić information content (AvgIpc) is 3.12. The Kier molecular flexibility index (Phi) is 3.02. The highest BCUT2D eigenvalue weighted by Crippen LogP contribution is 2.30. The first-order chi connectivity index (χ1) is 9.63. The van der Waals surface area contributed by atoms with E-state index < -0.39 is 5.91 Å². The van der Waals surface area contributed by atoms with Crippen molar-refractivity contribution in [3.63, 3.8) is 0 Å². The van der Waals surface area contributed by atoms with E-state index in [1.807, 2.05) is 0 Å². The summed E-state index contributed by atoms with van der Waals surface area (Å²) in [4.78, 5) is 15.4. The van der Waals surface area contributed by atoms with Gasteiger partial charge in [0.05, 0.1) is 24.1 Å². The second-order valence-corrected chi connectivity index (χ2v) is 4.86. The van der Waals surface area contributed by atoms with E-state index in [4.69, 9.17) is 16.2 Å². The van der Waals surface area contributed by atoms with Crippen LogP contribution < -0.4 is 16.2 Å². The predicted octanol–water partition coefficient (Wildman–Crippen LogP) is 0.737. The summed E-state index contributed by atoms with van der Waals surface area (Å²) in [6.07, 6.45) is 5.30. The van der Waals surface area contributed by atoms with Crippen LogP contribution >= 0.6 is 0 Å². The number of rotatable bonds is 5. The molecule has 0 radical (unpaired) electrons. The third-order valence-electron chi connectivity index (χ3n) is 3.13. The molecule has 1 aliphatic rings. The van der Waals surface area contributed by atoms with Crippen molar-refractivity contribution in [1.82, 2.24) is 14.8 Å². The van der Waals surface area contributed by atoms with Gasteiger partial charge in [-0.05, 0) is 30.9 Å². The molecule has 0 aromatic carbocycles. The second-order valence-electron chi connectivity index (χ2n) is 4.86. The van der Waals surface area contributed by atoms with Crippen molar-refractivity contribution >= 4 is 11.6 Å². The Morgan fingerprint density at radius 2 is 2.25 bits per heavy atom. The van der Waals surface area contributed by atoms with Crippen LogP contribution in [0, 0.1) is 5.92 Å². The Labute approximate surface area is 115 Å². The number of pyridine rings is 1. The maximum atomic E-state index is 11.1. The molecule has 2 aromatic rings. The highest BCUT2D eigenvalue weighted by molar-refractivity contribution is 5.92. The molecule has 1 aliphatic carbocycles. The van der Waals surface area contributed by atoms with Crippen LogP contribution in [0.2, 0.25) is 0 Å². The molecular formula is C13H15N5O2. The summed E-state index contributed by atoms with van der Waals surface area (Å²) in [7, 11) is 0. The molecule has 3 rings (SSSR count). The van der Waals surface area contributed by atoms with E-state index in [0.717, 1.165) is 0 Å². The average molecular weight is 273 g/mol. The van der Waals surface area contributed by atoms with E-state index in [0.29, 0.717) is 35.5 Å². The first-order valence-corrected chi connectivity index (χ1v) is 6.37. The van der Waals surface area contributed by atoms with Crippen LogP contribution in [0.4, 0.5) is 5.69 Å². The molecule has 7 heteroatoms. The Hall–Kier alpha value is -2.57. The SMILES string of the molecule is NC(=O)c1cnn(-c2ccc(N)c(OCC3CC3)n2)c1. The molecule has 2 heterocycles. The fraction of sp³-hybridized carbons (Fsp3) is 0.308. The first-order valence-electron chi connectivity index (χ1n) is 6.37. The van der Waals surface area contributed by atoms with E-state index >= 15 is 0 Å². The molecule has 0 unspecified atom stereocenters. The number of nitrogens with zero attached hydrogens (tertiary/aromatic N) is 3. The van der Waals surface area contributed by atoms with Crippen molar-refractivity contribution in [2.75, 3.05) is 12.3 Å². The zero-order valence-corrected chi connectivity index (χ0v) is 10.8. The van der Waals surface area contributed by atoms with E-state index in [2.05, 4.69) is 10.1 Å². The maximum Gasteiger partial charge on any atom is 0.251 e. The topological polar surface area (TPSA) is 109 Å². The van der Waals surface area contributed by atoms with Gasteiger partial charge in [-0.25, -0.2) is 4.68 Å². The minimum Gasteiger partial charge on any atom is -0.476 e. The summed E-state index contributed by atoms with van der Waals surface area (Å²) >= 11 is 0. The Balaban J connectivity index is 1.84. The van der Waals surface area contributed by atoms with Gasteiger partial charge in [-0.1, -0.05) is 0 Å². The van der Waals surface area contributed by atoms with Crippen molar-refractivity contribution < 1.29 is 9.53 Å². The van der Waals surface area contributed by atoms with Gasteiger partial charge in [0.1, 0.15) is 0 Å². The van der Waals surface area contributed by atoms with Gasteiger partial charge >= 0.3 is 0 Å². The normalized spacial score (nSPS) is 14.2. The number of hydrogen-bond acceptors (Lipinski definition) is 5. The third-order valence-corrected chi connectivity index (χ3v) is 3.13. The van der Waals surface area contributed by atoms with Crippen molar-refractivity contribution in [3.05, 3.63) is 30.1 Å². The zero-order valence-electron chi connectivity index (χ0n) is 10.8. The minimum absolute atomic E-state index is 0.323. The van der Waals surface area contributed by atoms with Crippen LogP contribution in [-0.2, 0) is 0 Å². The van der Waals surface area contributed by atoms with E-state index in [1.165, 1.54) is 29.9 Å². The number of ether oxygens (including phenoxy) is 1. The number of carbonyl (C=O) groups is 1. The molecule has 0 aliphatic heterocycles. The van der Waals surface area contributed by atoms with Crippen LogP contribution in [-0.4, -0.2) is 27.3 Å². The third kappa shape index (κ3) is 2.56. The molecule has 2 aromatic heterocycles. The van der Waals surface area contributed by atoms with Crippen LogP contribution in [0.1, 0.15) is 23.2 Å². The van der Waals surface area contributed by atoms with Crippen molar-refractivity contribution in [3.8, 4) is 11.7 Å². The van der Waals surface area contributed by atoms with Crippen molar-refractivity contribution in [1.29, 1.82) is 0 Å². The molecule has 20 heavy (non-hydrogen) atoms. The number of hydrogen-bond donors (Lipinski definition) is 2. The number of aromatic nitrogens is 3. The molecule has 1 fully saturated rings. The summed E-state index contributed by atoms with van der Waals surface area (Å²) in [6.45, 7) is 0.631. The van der Waals surface area contributed by atoms with Crippen molar-refractivity contribution in [2.45, 2.75) is 12.8 Å². The lowest BCUT2D eigenvalue weighted by molar-refractivity contribution is 0.100. The lowest BCUT2D eigenvalue weighted by Gasteiger charge is -2.09. The van der Waals surface area contributed by atoms with Gasteiger partial charge < -0.3 is 16.2 Å². The van der Waals surface area contributed by atoms with Gasteiger partial charge in [0.15, 0.2) is 5.82 Å². The molecule has 104 valence electrons. The quantitative estimate of drug-likeness (QED) is 0.835. The summed E-state index contributed by atoms with van der Waals surface area (Å²) in [5.41, 5.74) is 11.8. The summed E-state index contributed by atoms with van der Waals surface area (Å²) in [5, 5.41) is 4.04. The number of amides is 1.